The van der Waals surface area contributed by atoms with E-state index in [0.29, 0.717) is 34.5 Å². The fourth-order valence-electron chi connectivity index (χ4n) is 3.56. The Labute approximate surface area is 186 Å². The third kappa shape index (κ3) is 5.46. The number of aryl methyl sites for hydroxylation is 1. The fourth-order valence-corrected chi connectivity index (χ4v) is 3.56. The van der Waals surface area contributed by atoms with E-state index in [9.17, 15) is 9.18 Å². The lowest BCUT2D eigenvalue weighted by atomic mass is 10.0. The summed E-state index contributed by atoms with van der Waals surface area (Å²) < 4.78 is 15.0. The van der Waals surface area contributed by atoms with E-state index >= 15 is 0 Å². The van der Waals surface area contributed by atoms with Crippen LogP contribution in [-0.4, -0.2) is 43.2 Å². The number of rotatable bonds is 3. The number of pyridine rings is 1. The van der Waals surface area contributed by atoms with Crippen molar-refractivity contribution in [2.75, 3.05) is 13.1 Å². The number of aromatic nitrogens is 4. The zero-order valence-electron chi connectivity index (χ0n) is 18.3. The van der Waals surface area contributed by atoms with Crippen molar-refractivity contribution in [3.05, 3.63) is 54.4 Å². The van der Waals surface area contributed by atoms with Crippen LogP contribution in [0.1, 0.15) is 37.6 Å². The zero-order chi connectivity index (χ0) is 23.3. The van der Waals surface area contributed by atoms with Gasteiger partial charge in [-0.3, -0.25) is 9.20 Å². The Morgan fingerprint density at radius 3 is 2.88 bits per heavy atom. The SMILES string of the molecule is C=C(N)c1cc(C)nc(-c2cnc3ccc(F)cn23)n1.C[C@@H]1CCCN(C(=O)CC#N)C1. The summed E-state index contributed by atoms with van der Waals surface area (Å²) >= 11 is 0. The van der Waals surface area contributed by atoms with Gasteiger partial charge < -0.3 is 10.6 Å². The molecular weight excluding hydrogens is 409 g/mol. The van der Waals surface area contributed by atoms with Gasteiger partial charge in [-0.15, -0.1) is 0 Å². The maximum Gasteiger partial charge on any atom is 0.236 e. The summed E-state index contributed by atoms with van der Waals surface area (Å²) in [5.41, 5.74) is 8.57. The van der Waals surface area contributed by atoms with Crippen molar-refractivity contribution < 1.29 is 9.18 Å². The molecule has 4 rings (SSSR count). The van der Waals surface area contributed by atoms with Crippen molar-refractivity contribution >= 4 is 17.3 Å². The van der Waals surface area contributed by atoms with E-state index < -0.39 is 0 Å². The minimum atomic E-state index is -0.354. The fraction of sp³-hybridized carbons (Fsp3) is 0.348. The number of imidazole rings is 1. The van der Waals surface area contributed by atoms with E-state index in [1.165, 1.54) is 18.7 Å². The van der Waals surface area contributed by atoms with Crippen LogP contribution in [0.25, 0.3) is 22.9 Å². The van der Waals surface area contributed by atoms with Crippen molar-refractivity contribution in [2.45, 2.75) is 33.1 Å². The highest BCUT2D eigenvalue weighted by atomic mass is 19.1. The maximum absolute atomic E-state index is 13.4. The first-order valence-corrected chi connectivity index (χ1v) is 10.4. The third-order valence-corrected chi connectivity index (χ3v) is 5.12. The van der Waals surface area contributed by atoms with E-state index in [1.807, 2.05) is 13.0 Å². The van der Waals surface area contributed by atoms with Crippen molar-refractivity contribution in [1.82, 2.24) is 24.3 Å². The molecule has 32 heavy (non-hydrogen) atoms. The Kier molecular flexibility index (Phi) is 7.15. The van der Waals surface area contributed by atoms with Crippen LogP contribution in [0.4, 0.5) is 4.39 Å². The van der Waals surface area contributed by atoms with E-state index in [-0.39, 0.29) is 18.1 Å². The molecule has 1 atom stereocenters. The highest BCUT2D eigenvalue weighted by molar-refractivity contribution is 5.78. The molecule has 0 aromatic carbocycles. The molecule has 0 radical (unpaired) electrons. The van der Waals surface area contributed by atoms with Crippen LogP contribution in [0.15, 0.2) is 37.2 Å². The van der Waals surface area contributed by atoms with E-state index in [4.69, 9.17) is 11.0 Å². The lowest BCUT2D eigenvalue weighted by molar-refractivity contribution is -0.131. The number of hydrogen-bond donors (Lipinski definition) is 1. The molecule has 0 bridgehead atoms. The van der Waals surface area contributed by atoms with Crippen molar-refractivity contribution in [1.29, 1.82) is 5.26 Å². The van der Waals surface area contributed by atoms with Gasteiger partial charge in [0.1, 0.15) is 23.6 Å². The molecule has 166 valence electrons. The molecule has 0 saturated carbocycles. The average Bonchev–Trinajstić information content (AvgIpc) is 3.17. The second kappa shape index (κ2) is 10.0. The van der Waals surface area contributed by atoms with Gasteiger partial charge in [-0.2, -0.15) is 5.26 Å². The molecule has 1 aliphatic rings. The highest BCUT2D eigenvalue weighted by Crippen LogP contribution is 2.20. The summed E-state index contributed by atoms with van der Waals surface area (Å²) in [7, 11) is 0. The van der Waals surface area contributed by atoms with Gasteiger partial charge >= 0.3 is 0 Å². The smallest absolute Gasteiger partial charge is 0.236 e. The van der Waals surface area contributed by atoms with Crippen LogP contribution >= 0.6 is 0 Å². The Morgan fingerprint density at radius 1 is 1.41 bits per heavy atom. The Balaban J connectivity index is 0.000000207. The van der Waals surface area contributed by atoms with Gasteiger partial charge in [0, 0.05) is 25.0 Å². The molecule has 9 heteroatoms. The average molecular weight is 436 g/mol. The van der Waals surface area contributed by atoms with Gasteiger partial charge in [0.2, 0.25) is 5.91 Å². The van der Waals surface area contributed by atoms with Crippen molar-refractivity contribution in [2.24, 2.45) is 11.7 Å². The second-order valence-corrected chi connectivity index (χ2v) is 7.88. The zero-order valence-corrected chi connectivity index (χ0v) is 18.3. The molecule has 8 nitrogen and oxygen atoms in total. The molecule has 1 saturated heterocycles. The van der Waals surface area contributed by atoms with Crippen LogP contribution in [0.2, 0.25) is 0 Å². The second-order valence-electron chi connectivity index (χ2n) is 7.88. The standard InChI is InChI=1S/C14H12FN5.C9H14N2O/c1-8-5-11(9(2)16)19-14(18-8)12-6-17-13-4-3-10(15)7-20(12)13;1-8-3-2-6-11(7-8)9(12)4-5-10/h3-7H,2,16H2,1H3;8H,2-4,6-7H2,1H3/t;8-/m.1/s1. The monoisotopic (exact) mass is 435 g/mol. The lowest BCUT2D eigenvalue weighted by Gasteiger charge is -2.30. The molecule has 0 unspecified atom stereocenters. The molecule has 3 aromatic heterocycles. The van der Waals surface area contributed by atoms with E-state index in [0.717, 1.165) is 25.2 Å². The minimum absolute atomic E-state index is 0.0101. The minimum Gasteiger partial charge on any atom is -0.397 e. The number of likely N-dealkylation sites (tertiary alicyclic amines) is 1. The topological polar surface area (TPSA) is 113 Å². The molecule has 4 heterocycles. The predicted molar refractivity (Wildman–Crippen MR) is 119 cm³/mol. The largest absolute Gasteiger partial charge is 0.397 e. The van der Waals surface area contributed by atoms with Crippen molar-refractivity contribution in [3.8, 4) is 17.6 Å². The van der Waals surface area contributed by atoms with Gasteiger partial charge in [-0.05, 0) is 43.9 Å². The van der Waals surface area contributed by atoms with Gasteiger partial charge in [0.15, 0.2) is 5.82 Å². The summed E-state index contributed by atoms with van der Waals surface area (Å²) in [6.45, 7) is 9.32. The molecule has 1 aliphatic heterocycles. The van der Waals surface area contributed by atoms with Crippen LogP contribution in [-0.2, 0) is 4.79 Å². The molecule has 2 N–H and O–H groups in total. The highest BCUT2D eigenvalue weighted by Gasteiger charge is 2.20. The van der Waals surface area contributed by atoms with Gasteiger partial charge in [-0.1, -0.05) is 13.5 Å². The van der Waals surface area contributed by atoms with E-state index in [2.05, 4.69) is 28.5 Å². The number of carbonyl (C=O) groups excluding carboxylic acids is 1. The van der Waals surface area contributed by atoms with Gasteiger partial charge in [0.05, 0.1) is 23.7 Å². The number of amides is 1. The number of piperidine rings is 1. The number of nitriles is 1. The summed E-state index contributed by atoms with van der Waals surface area (Å²) in [6, 6.07) is 6.59. The van der Waals surface area contributed by atoms with Gasteiger partial charge in [-0.25, -0.2) is 19.3 Å². The summed E-state index contributed by atoms with van der Waals surface area (Å²) in [6.07, 6.45) is 5.27. The number of hydrogen-bond acceptors (Lipinski definition) is 6. The summed E-state index contributed by atoms with van der Waals surface area (Å²) in [5, 5.41) is 8.34. The number of nitrogens with two attached hydrogens (primary N) is 1. The molecule has 3 aromatic rings. The normalized spacial score (nSPS) is 15.6. The predicted octanol–water partition coefficient (Wildman–Crippen LogP) is 3.33. The molecule has 0 aliphatic carbocycles. The van der Waals surface area contributed by atoms with Gasteiger partial charge in [0.25, 0.3) is 0 Å². The quantitative estimate of drug-likeness (QED) is 0.675. The third-order valence-electron chi connectivity index (χ3n) is 5.12. The molecule has 1 amide bonds. The Morgan fingerprint density at radius 2 is 2.19 bits per heavy atom. The van der Waals surface area contributed by atoms with E-state index in [1.54, 1.807) is 27.6 Å². The first-order valence-electron chi connectivity index (χ1n) is 10.4. The summed E-state index contributed by atoms with van der Waals surface area (Å²) in [4.78, 5) is 25.9. The van der Waals surface area contributed by atoms with Crippen molar-refractivity contribution in [3.63, 3.8) is 0 Å². The van der Waals surface area contributed by atoms with Crippen LogP contribution in [0.5, 0.6) is 0 Å². The first kappa shape index (κ1) is 22.9. The number of carbonyl (C=O) groups is 1. The lowest BCUT2D eigenvalue weighted by Crippen LogP contribution is -2.38. The first-order chi connectivity index (χ1) is 15.3. The molecule has 0 spiro atoms. The Bertz CT molecular complexity index is 1180. The van der Waals surface area contributed by atoms with Crippen LogP contribution < -0.4 is 5.73 Å². The molecular formula is C23H26FN7O. The number of nitrogens with zero attached hydrogens (tertiary/aromatic N) is 6. The number of halogens is 1. The molecule has 1 fully saturated rings. The summed E-state index contributed by atoms with van der Waals surface area (Å²) in [5.74, 6) is 0.669. The van der Waals surface area contributed by atoms with Crippen LogP contribution in [0.3, 0.4) is 0 Å². The van der Waals surface area contributed by atoms with Crippen LogP contribution in [0, 0.1) is 30.0 Å². The maximum atomic E-state index is 13.4. The number of fused-ring (bicyclic) bond motifs is 1. The Hall–Kier alpha value is -3.80.